The molecule has 4 atom stereocenters. The van der Waals surface area contributed by atoms with Gasteiger partial charge in [-0.2, -0.15) is 0 Å². The Morgan fingerprint density at radius 2 is 1.55 bits per heavy atom. The van der Waals surface area contributed by atoms with E-state index in [-0.39, 0.29) is 6.42 Å². The van der Waals surface area contributed by atoms with Gasteiger partial charge in [-0.3, -0.25) is 0 Å². The van der Waals surface area contributed by atoms with Gasteiger partial charge in [-0.25, -0.2) is 0 Å². The van der Waals surface area contributed by atoms with Gasteiger partial charge in [0.1, 0.15) is 12.2 Å². The van der Waals surface area contributed by atoms with Crippen molar-refractivity contribution < 1.29 is 24.1 Å². The molecule has 2 N–H and O–H groups in total. The maximum absolute atomic E-state index is 10.2. The Bertz CT molecular complexity index is 313. The number of aliphatic hydroxyl groups is 2. The zero-order valence-electron chi connectivity index (χ0n) is 15.1. The first-order valence-corrected chi connectivity index (χ1v) is 10.5. The number of hydrogen-bond donors (Lipinski definition) is 2. The highest BCUT2D eigenvalue weighted by Crippen LogP contribution is 2.42. The summed E-state index contributed by atoms with van der Waals surface area (Å²) >= 11 is 0. The molecule has 0 spiro atoms. The van der Waals surface area contributed by atoms with Crippen LogP contribution in [0.1, 0.15) is 48.0 Å². The van der Waals surface area contributed by atoms with Gasteiger partial charge in [-0.1, -0.05) is 41.5 Å². The van der Waals surface area contributed by atoms with Crippen molar-refractivity contribution in [2.45, 2.75) is 89.2 Å². The van der Waals surface area contributed by atoms with E-state index in [0.717, 1.165) is 0 Å². The summed E-state index contributed by atoms with van der Waals surface area (Å²) in [5.74, 6) is 0. The average Bonchev–Trinajstić information content (AvgIpc) is 2.42. The second-order valence-electron chi connectivity index (χ2n) is 7.26. The number of hydrogen-bond acceptors (Lipinski definition) is 5. The Labute approximate surface area is 136 Å². The standard InChI is InChI=1S/C16H34O5Si/c1-10(2)22(11(3)4,12(5)6)20-9-14-16(18)13(17)8-15(19-7)21-14/h10-18H,8-9H2,1-7H3/t13-,14-,15+,16-/m1/s1. The summed E-state index contributed by atoms with van der Waals surface area (Å²) in [5.41, 5.74) is 1.41. The van der Waals surface area contributed by atoms with E-state index in [2.05, 4.69) is 41.5 Å². The first-order chi connectivity index (χ1) is 10.2. The fraction of sp³-hybridized carbons (Fsp3) is 1.00. The molecule has 0 aliphatic carbocycles. The molecule has 5 nitrogen and oxygen atoms in total. The van der Waals surface area contributed by atoms with E-state index in [4.69, 9.17) is 13.9 Å². The summed E-state index contributed by atoms with van der Waals surface area (Å²) in [4.78, 5) is 0. The molecular weight excluding hydrogens is 300 g/mol. The normalized spacial score (nSPS) is 30.5. The van der Waals surface area contributed by atoms with Crippen molar-refractivity contribution in [3.8, 4) is 0 Å². The molecule has 0 amide bonds. The number of aliphatic hydroxyl groups excluding tert-OH is 2. The maximum Gasteiger partial charge on any atom is 0.200 e. The van der Waals surface area contributed by atoms with Gasteiger partial charge in [-0.15, -0.1) is 0 Å². The Morgan fingerprint density at radius 1 is 1.05 bits per heavy atom. The van der Waals surface area contributed by atoms with Crippen LogP contribution in [0.15, 0.2) is 0 Å². The van der Waals surface area contributed by atoms with Crippen LogP contribution in [0.3, 0.4) is 0 Å². The van der Waals surface area contributed by atoms with E-state index in [9.17, 15) is 10.2 Å². The average molecular weight is 335 g/mol. The lowest BCUT2D eigenvalue weighted by molar-refractivity contribution is -0.247. The molecule has 6 heteroatoms. The van der Waals surface area contributed by atoms with Gasteiger partial charge in [0.25, 0.3) is 0 Å². The SMILES string of the molecule is CO[C@@H]1C[C@@H](O)[C@@H](O)[C@@H](CO[Si](C(C)C)(C(C)C)C(C)C)O1. The van der Waals surface area contributed by atoms with Gasteiger partial charge < -0.3 is 24.1 Å². The molecule has 0 radical (unpaired) electrons. The first-order valence-electron chi connectivity index (χ1n) is 8.35. The molecule has 132 valence electrons. The molecule has 0 aromatic rings. The predicted octanol–water partition coefficient (Wildman–Crippen LogP) is 2.66. The third-order valence-electron chi connectivity index (χ3n) is 5.00. The zero-order valence-corrected chi connectivity index (χ0v) is 16.1. The molecule has 22 heavy (non-hydrogen) atoms. The van der Waals surface area contributed by atoms with E-state index < -0.39 is 32.9 Å². The summed E-state index contributed by atoms with van der Waals surface area (Å²) in [6.45, 7) is 13.6. The molecule has 0 aromatic heterocycles. The van der Waals surface area contributed by atoms with Crippen molar-refractivity contribution in [1.82, 2.24) is 0 Å². The van der Waals surface area contributed by atoms with Crippen LogP contribution in [-0.4, -0.2) is 56.8 Å². The summed E-state index contributed by atoms with van der Waals surface area (Å²) < 4.78 is 17.3. The number of methoxy groups -OCH3 is 1. The van der Waals surface area contributed by atoms with Crippen molar-refractivity contribution in [2.75, 3.05) is 13.7 Å². The highest BCUT2D eigenvalue weighted by atomic mass is 28.4. The smallest absolute Gasteiger partial charge is 0.200 e. The summed E-state index contributed by atoms with van der Waals surface area (Å²) in [6, 6.07) is 0. The quantitative estimate of drug-likeness (QED) is 0.701. The largest absolute Gasteiger partial charge is 0.413 e. The van der Waals surface area contributed by atoms with Gasteiger partial charge in [0, 0.05) is 13.5 Å². The summed E-state index contributed by atoms with van der Waals surface area (Å²) in [6.07, 6.45) is -2.50. The van der Waals surface area contributed by atoms with E-state index in [1.54, 1.807) is 7.11 Å². The van der Waals surface area contributed by atoms with Crippen LogP contribution in [0, 0.1) is 0 Å². The lowest BCUT2D eigenvalue weighted by Crippen LogP contribution is -2.54. The lowest BCUT2D eigenvalue weighted by atomic mass is 10.0. The fourth-order valence-electron chi connectivity index (χ4n) is 3.93. The monoisotopic (exact) mass is 334 g/mol. The molecule has 0 aromatic carbocycles. The van der Waals surface area contributed by atoms with Crippen molar-refractivity contribution in [2.24, 2.45) is 0 Å². The van der Waals surface area contributed by atoms with Crippen LogP contribution in [0.25, 0.3) is 0 Å². The van der Waals surface area contributed by atoms with Crippen LogP contribution in [0.5, 0.6) is 0 Å². The molecule has 1 aliphatic rings. The highest BCUT2D eigenvalue weighted by molar-refractivity contribution is 6.77. The second kappa shape index (κ2) is 8.21. The minimum atomic E-state index is -2.01. The third-order valence-corrected chi connectivity index (χ3v) is 11.1. The summed E-state index contributed by atoms with van der Waals surface area (Å²) in [7, 11) is -0.465. The zero-order chi connectivity index (χ0) is 17.1. The molecule has 1 heterocycles. The van der Waals surface area contributed by atoms with Crippen molar-refractivity contribution in [3.63, 3.8) is 0 Å². The number of rotatable bonds is 7. The second-order valence-corrected chi connectivity index (χ2v) is 12.7. The summed E-state index contributed by atoms with van der Waals surface area (Å²) in [5, 5.41) is 20.1. The molecule has 1 rings (SSSR count). The fourth-order valence-corrected chi connectivity index (χ4v) is 9.38. The molecule has 0 unspecified atom stereocenters. The molecule has 1 fully saturated rings. The van der Waals surface area contributed by atoms with Crippen molar-refractivity contribution >= 4 is 8.32 Å². The Hall–Kier alpha value is 0.0169. The maximum atomic E-state index is 10.2. The van der Waals surface area contributed by atoms with E-state index in [1.807, 2.05) is 0 Å². The van der Waals surface area contributed by atoms with E-state index >= 15 is 0 Å². The highest BCUT2D eigenvalue weighted by Gasteiger charge is 2.46. The molecule has 0 bridgehead atoms. The lowest BCUT2D eigenvalue weighted by Gasteiger charge is -2.44. The van der Waals surface area contributed by atoms with Gasteiger partial charge in [0.15, 0.2) is 14.6 Å². The van der Waals surface area contributed by atoms with Crippen LogP contribution in [-0.2, 0) is 13.9 Å². The molecular formula is C16H34O5Si. The van der Waals surface area contributed by atoms with Crippen LogP contribution in [0.4, 0.5) is 0 Å². The van der Waals surface area contributed by atoms with Gasteiger partial charge in [0.2, 0.25) is 0 Å². The predicted molar refractivity (Wildman–Crippen MR) is 89.3 cm³/mol. The van der Waals surface area contributed by atoms with Crippen LogP contribution in [0.2, 0.25) is 16.6 Å². The van der Waals surface area contributed by atoms with Crippen LogP contribution < -0.4 is 0 Å². The third kappa shape index (κ3) is 4.10. The minimum absolute atomic E-state index is 0.287. The van der Waals surface area contributed by atoms with Crippen molar-refractivity contribution in [1.29, 1.82) is 0 Å². The van der Waals surface area contributed by atoms with Gasteiger partial charge in [-0.05, 0) is 16.6 Å². The van der Waals surface area contributed by atoms with E-state index in [1.165, 1.54) is 0 Å². The number of ether oxygens (including phenoxy) is 2. The van der Waals surface area contributed by atoms with Gasteiger partial charge in [0.05, 0.1) is 12.7 Å². The van der Waals surface area contributed by atoms with Gasteiger partial charge >= 0.3 is 0 Å². The Morgan fingerprint density at radius 3 is 1.95 bits per heavy atom. The van der Waals surface area contributed by atoms with E-state index in [0.29, 0.717) is 23.2 Å². The minimum Gasteiger partial charge on any atom is -0.413 e. The topological polar surface area (TPSA) is 68.2 Å². The van der Waals surface area contributed by atoms with Crippen LogP contribution >= 0.6 is 0 Å². The molecule has 1 aliphatic heterocycles. The van der Waals surface area contributed by atoms with Crippen molar-refractivity contribution in [3.05, 3.63) is 0 Å². The molecule has 1 saturated heterocycles. The molecule has 0 saturated carbocycles. The Balaban J connectivity index is 2.83. The first kappa shape index (κ1) is 20.1. The Kier molecular flexibility index (Phi) is 7.49.